The largest absolute Gasteiger partial charge is 0.478 e. The van der Waals surface area contributed by atoms with Crippen molar-refractivity contribution in [2.45, 2.75) is 37.1 Å². The van der Waals surface area contributed by atoms with E-state index in [2.05, 4.69) is 0 Å². The number of carboxylic acid groups (broad SMARTS) is 1. The number of hydrogen-bond donors (Lipinski definition) is 1. The van der Waals surface area contributed by atoms with Gasteiger partial charge in [0.2, 0.25) is 10.0 Å². The van der Waals surface area contributed by atoms with E-state index >= 15 is 0 Å². The van der Waals surface area contributed by atoms with Gasteiger partial charge in [-0.2, -0.15) is 4.31 Å². The van der Waals surface area contributed by atoms with Gasteiger partial charge in [0.05, 0.1) is 4.90 Å². The molecule has 1 aromatic carbocycles. The molecule has 0 saturated carbocycles. The van der Waals surface area contributed by atoms with Gasteiger partial charge >= 0.3 is 5.97 Å². The molecule has 114 valence electrons. The second kappa shape index (κ2) is 5.61. The average molecular weight is 309 g/mol. The number of carbonyl (C=O) groups is 1. The van der Waals surface area contributed by atoms with Crippen molar-refractivity contribution in [1.29, 1.82) is 0 Å². The van der Waals surface area contributed by atoms with Crippen molar-refractivity contribution in [3.8, 4) is 0 Å². The zero-order chi connectivity index (χ0) is 15.7. The molecule has 1 aliphatic rings. The first kappa shape index (κ1) is 15.7. The van der Waals surface area contributed by atoms with E-state index in [0.29, 0.717) is 12.1 Å². The Labute approximate surface area is 124 Å². The Kier molecular flexibility index (Phi) is 4.20. The fourth-order valence-corrected chi connectivity index (χ4v) is 4.42. The zero-order valence-corrected chi connectivity index (χ0v) is 12.9. The van der Waals surface area contributed by atoms with Gasteiger partial charge in [-0.1, -0.05) is 12.1 Å². The SMILES string of the molecule is CC1(C)CCCN1S(=O)(=O)c1ccc(C=CC(=O)O)cc1. The minimum absolute atomic E-state index is 0.241. The lowest BCUT2D eigenvalue weighted by molar-refractivity contribution is -0.131. The fraction of sp³-hybridized carbons (Fsp3) is 0.400. The molecule has 0 unspecified atom stereocenters. The van der Waals surface area contributed by atoms with Crippen LogP contribution in [0.25, 0.3) is 6.08 Å². The van der Waals surface area contributed by atoms with Crippen molar-refractivity contribution in [2.24, 2.45) is 0 Å². The summed E-state index contributed by atoms with van der Waals surface area (Å²) in [6.07, 6.45) is 4.17. The topological polar surface area (TPSA) is 74.7 Å². The van der Waals surface area contributed by atoms with Crippen molar-refractivity contribution in [3.05, 3.63) is 35.9 Å². The molecule has 1 aromatic rings. The maximum absolute atomic E-state index is 12.6. The molecule has 1 fully saturated rings. The fourth-order valence-electron chi connectivity index (χ4n) is 2.57. The minimum Gasteiger partial charge on any atom is -0.478 e. The number of aliphatic carboxylic acids is 1. The predicted octanol–water partition coefficient (Wildman–Crippen LogP) is 2.35. The van der Waals surface area contributed by atoms with Gasteiger partial charge in [0.25, 0.3) is 0 Å². The van der Waals surface area contributed by atoms with Crippen LogP contribution in [0.2, 0.25) is 0 Å². The molecule has 1 N–H and O–H groups in total. The summed E-state index contributed by atoms with van der Waals surface area (Å²) in [5.41, 5.74) is 0.290. The van der Waals surface area contributed by atoms with Crippen LogP contribution in [0.1, 0.15) is 32.3 Å². The monoisotopic (exact) mass is 309 g/mol. The third-order valence-electron chi connectivity index (χ3n) is 3.71. The first-order valence-electron chi connectivity index (χ1n) is 6.77. The molecule has 0 radical (unpaired) electrons. The molecule has 6 heteroatoms. The molecular formula is C15H19NO4S. The number of rotatable bonds is 4. The van der Waals surface area contributed by atoms with Crippen molar-refractivity contribution >= 4 is 22.1 Å². The average Bonchev–Trinajstić information content (AvgIpc) is 2.77. The standard InChI is InChI=1S/C15H19NO4S/c1-15(2)10-3-11-16(15)21(19,20)13-7-4-12(5-8-13)6-9-14(17)18/h4-9H,3,10-11H2,1-2H3,(H,17,18). The van der Waals surface area contributed by atoms with E-state index in [1.165, 1.54) is 18.2 Å². The first-order valence-corrected chi connectivity index (χ1v) is 8.21. The normalized spacial score (nSPS) is 19.1. The van der Waals surface area contributed by atoms with Crippen molar-refractivity contribution < 1.29 is 18.3 Å². The molecule has 1 saturated heterocycles. The lowest BCUT2D eigenvalue weighted by atomic mass is 10.0. The Morgan fingerprint density at radius 1 is 1.29 bits per heavy atom. The van der Waals surface area contributed by atoms with Crippen molar-refractivity contribution in [1.82, 2.24) is 4.31 Å². The Bertz CT molecular complexity index is 659. The van der Waals surface area contributed by atoms with Crippen LogP contribution in [-0.4, -0.2) is 35.9 Å². The number of nitrogens with zero attached hydrogens (tertiary/aromatic N) is 1. The molecule has 0 aliphatic carbocycles. The van der Waals surface area contributed by atoms with Crippen LogP contribution in [0.4, 0.5) is 0 Å². The van der Waals surface area contributed by atoms with E-state index < -0.39 is 16.0 Å². The first-order chi connectivity index (χ1) is 9.73. The third-order valence-corrected chi connectivity index (χ3v) is 5.84. The molecule has 0 atom stereocenters. The maximum Gasteiger partial charge on any atom is 0.328 e. The maximum atomic E-state index is 12.6. The lowest BCUT2D eigenvalue weighted by Crippen LogP contribution is -2.42. The van der Waals surface area contributed by atoms with E-state index in [9.17, 15) is 13.2 Å². The molecule has 0 bridgehead atoms. The summed E-state index contributed by atoms with van der Waals surface area (Å²) < 4.78 is 26.8. The van der Waals surface area contributed by atoms with Crippen LogP contribution in [0.15, 0.2) is 35.2 Å². The molecule has 1 aliphatic heterocycles. The van der Waals surface area contributed by atoms with Crippen molar-refractivity contribution in [2.75, 3.05) is 6.54 Å². The number of hydrogen-bond acceptors (Lipinski definition) is 3. The molecule has 0 spiro atoms. The number of carboxylic acids is 1. The van der Waals surface area contributed by atoms with E-state index in [1.54, 1.807) is 16.4 Å². The summed E-state index contributed by atoms with van der Waals surface area (Å²) in [4.78, 5) is 10.7. The van der Waals surface area contributed by atoms with Gasteiger partial charge in [0.1, 0.15) is 0 Å². The zero-order valence-electron chi connectivity index (χ0n) is 12.1. The highest BCUT2D eigenvalue weighted by Gasteiger charge is 2.40. The van der Waals surface area contributed by atoms with Gasteiger partial charge in [0, 0.05) is 18.2 Å². The van der Waals surface area contributed by atoms with Gasteiger partial charge in [-0.25, -0.2) is 13.2 Å². The van der Waals surface area contributed by atoms with Gasteiger partial charge in [-0.3, -0.25) is 0 Å². The van der Waals surface area contributed by atoms with Crippen LogP contribution in [0.3, 0.4) is 0 Å². The lowest BCUT2D eigenvalue weighted by Gasteiger charge is -2.30. The Balaban J connectivity index is 2.27. The Morgan fingerprint density at radius 3 is 2.38 bits per heavy atom. The molecule has 2 rings (SSSR count). The van der Waals surface area contributed by atoms with Crippen molar-refractivity contribution in [3.63, 3.8) is 0 Å². The Hall–Kier alpha value is -1.66. The van der Waals surface area contributed by atoms with Crippen LogP contribution in [0.5, 0.6) is 0 Å². The smallest absolute Gasteiger partial charge is 0.328 e. The summed E-state index contributed by atoms with van der Waals surface area (Å²) in [6, 6.07) is 6.25. The summed E-state index contributed by atoms with van der Waals surface area (Å²) in [7, 11) is -3.50. The Morgan fingerprint density at radius 2 is 1.90 bits per heavy atom. The summed E-state index contributed by atoms with van der Waals surface area (Å²) in [5, 5.41) is 8.57. The van der Waals surface area contributed by atoms with Crippen LogP contribution in [-0.2, 0) is 14.8 Å². The second-order valence-electron chi connectivity index (χ2n) is 5.73. The molecule has 5 nitrogen and oxygen atoms in total. The van der Waals surface area contributed by atoms with Gasteiger partial charge in [0.15, 0.2) is 0 Å². The minimum atomic E-state index is -3.50. The second-order valence-corrected chi connectivity index (χ2v) is 7.60. The molecule has 0 aromatic heterocycles. The highest BCUT2D eigenvalue weighted by molar-refractivity contribution is 7.89. The number of benzene rings is 1. The summed E-state index contributed by atoms with van der Waals surface area (Å²) in [6.45, 7) is 4.40. The van der Waals surface area contributed by atoms with Crippen LogP contribution >= 0.6 is 0 Å². The quantitative estimate of drug-likeness (QED) is 0.866. The third kappa shape index (κ3) is 3.33. The summed E-state index contributed by atoms with van der Waals surface area (Å²) >= 11 is 0. The van der Waals surface area contributed by atoms with Crippen LogP contribution < -0.4 is 0 Å². The van der Waals surface area contributed by atoms with Gasteiger partial charge < -0.3 is 5.11 Å². The van der Waals surface area contributed by atoms with E-state index in [-0.39, 0.29) is 10.4 Å². The molecule has 21 heavy (non-hydrogen) atoms. The molecule has 1 heterocycles. The highest BCUT2D eigenvalue weighted by Crippen LogP contribution is 2.33. The predicted molar refractivity (Wildman–Crippen MR) is 80.3 cm³/mol. The van der Waals surface area contributed by atoms with E-state index in [1.807, 2.05) is 13.8 Å². The van der Waals surface area contributed by atoms with Gasteiger partial charge in [-0.05, 0) is 50.5 Å². The molecule has 0 amide bonds. The van der Waals surface area contributed by atoms with E-state index in [4.69, 9.17) is 5.11 Å². The molecular weight excluding hydrogens is 290 g/mol. The van der Waals surface area contributed by atoms with E-state index in [0.717, 1.165) is 18.9 Å². The summed E-state index contributed by atoms with van der Waals surface area (Å²) in [5.74, 6) is -1.04. The number of sulfonamides is 1. The highest BCUT2D eigenvalue weighted by atomic mass is 32.2. The van der Waals surface area contributed by atoms with Gasteiger partial charge in [-0.15, -0.1) is 0 Å². The van der Waals surface area contributed by atoms with Crippen LogP contribution in [0, 0.1) is 0 Å².